The first-order valence-electron chi connectivity index (χ1n) is 11.1. The molecule has 3 nitrogen and oxygen atoms in total. The fraction of sp³-hybridized carbons (Fsp3) is 0.556. The van der Waals surface area contributed by atoms with Gasteiger partial charge in [-0.2, -0.15) is 0 Å². The molecule has 0 N–H and O–H groups in total. The largest absolute Gasteiger partial charge is 1.00 e. The molecule has 0 heterocycles. The van der Waals surface area contributed by atoms with Gasteiger partial charge in [-0.1, -0.05) is 77.1 Å². The van der Waals surface area contributed by atoms with Gasteiger partial charge in [0.2, 0.25) is 0 Å². The molecule has 0 saturated heterocycles. The van der Waals surface area contributed by atoms with Gasteiger partial charge in [0.15, 0.2) is 0 Å². The topological polar surface area (TPSA) is 18.5 Å². The Kier molecular flexibility index (Phi) is 16.6. The van der Waals surface area contributed by atoms with Gasteiger partial charge in [-0.3, -0.25) is 0 Å². The monoisotopic (exact) mass is 505 g/mol. The van der Waals surface area contributed by atoms with Crippen molar-refractivity contribution in [3.8, 4) is 5.75 Å². The summed E-state index contributed by atoms with van der Waals surface area (Å²) in [4.78, 5) is 0. The maximum atomic E-state index is 5.87. The van der Waals surface area contributed by atoms with Crippen LogP contribution in [0.25, 0.3) is 0 Å². The van der Waals surface area contributed by atoms with Crippen molar-refractivity contribution in [3.05, 3.63) is 65.7 Å². The van der Waals surface area contributed by atoms with E-state index in [1.807, 2.05) is 0 Å². The van der Waals surface area contributed by atoms with Gasteiger partial charge in [0.05, 0.1) is 27.3 Å². The predicted octanol–water partition coefficient (Wildman–Crippen LogP) is -2.92. The Balaban J connectivity index is 0. The number of halogens is 2. The first-order valence-corrected chi connectivity index (χ1v) is 11.1. The van der Waals surface area contributed by atoms with Crippen molar-refractivity contribution in [2.24, 2.45) is 5.41 Å². The summed E-state index contributed by atoms with van der Waals surface area (Å²) in [5.41, 5.74) is 3.19. The Bertz CT molecular complexity index is 760. The third-order valence-electron chi connectivity index (χ3n) is 5.40. The zero-order valence-corrected chi connectivity index (χ0v) is 25.5. The molecule has 0 radical (unpaired) electrons. The minimum Gasteiger partial charge on any atom is -1.00 e. The minimum atomic E-state index is 0. The van der Waals surface area contributed by atoms with E-state index in [1.54, 1.807) is 0 Å². The van der Waals surface area contributed by atoms with E-state index in [4.69, 9.17) is 9.47 Å². The second-order valence-electron chi connectivity index (χ2n) is 10.9. The predicted molar refractivity (Wildman–Crippen MR) is 127 cm³/mol. The fourth-order valence-corrected chi connectivity index (χ4v) is 4.22. The zero-order valence-electron chi connectivity index (χ0n) is 22.0. The van der Waals surface area contributed by atoms with Gasteiger partial charge in [-0.15, -0.1) is 0 Å². The molecule has 0 fully saturated rings. The molecule has 2 aromatic carbocycles. The minimum absolute atomic E-state index is 0. The van der Waals surface area contributed by atoms with Crippen molar-refractivity contribution in [1.82, 2.24) is 0 Å². The first-order chi connectivity index (χ1) is 14.0. The standard InChI is InChI=1S/C27H42NO2.2ClH.Na/c1-26(2,3)22-27(4,5)24-13-15-25(16-14-24)30-20-19-29-18-17-28(6,7)21-23-11-9-8-10-12-23;;;/h8-16H,17-22H2,1-7H3;2*1H;/q+1;;;+1/p-2. The smallest absolute Gasteiger partial charge is 1.00 e. The van der Waals surface area contributed by atoms with Gasteiger partial charge in [0, 0.05) is 5.56 Å². The van der Waals surface area contributed by atoms with Crippen molar-refractivity contribution in [3.63, 3.8) is 0 Å². The van der Waals surface area contributed by atoms with Gasteiger partial charge in [0.25, 0.3) is 0 Å². The average molecular weight is 507 g/mol. The van der Waals surface area contributed by atoms with Crippen LogP contribution in [-0.2, 0) is 16.7 Å². The summed E-state index contributed by atoms with van der Waals surface area (Å²) in [5.74, 6) is 0.911. The van der Waals surface area contributed by atoms with Crippen molar-refractivity contribution in [1.29, 1.82) is 0 Å². The molecule has 0 aromatic heterocycles. The van der Waals surface area contributed by atoms with Crippen LogP contribution in [0.1, 0.15) is 52.2 Å². The van der Waals surface area contributed by atoms with Crippen LogP contribution in [0.15, 0.2) is 54.6 Å². The summed E-state index contributed by atoms with van der Waals surface area (Å²) in [5, 5.41) is 0. The first kappa shape index (κ1) is 34.9. The van der Waals surface area contributed by atoms with Crippen LogP contribution in [0.3, 0.4) is 0 Å². The Morgan fingerprint density at radius 2 is 1.33 bits per heavy atom. The molecule has 0 aliphatic heterocycles. The van der Waals surface area contributed by atoms with Gasteiger partial charge in [-0.25, -0.2) is 0 Å². The van der Waals surface area contributed by atoms with E-state index in [0.717, 1.165) is 36.3 Å². The molecular formula is C27H42Cl2NNaO2. The van der Waals surface area contributed by atoms with Crippen LogP contribution in [-0.4, -0.2) is 44.9 Å². The average Bonchev–Trinajstić information content (AvgIpc) is 2.63. The number of quaternary nitrogens is 1. The number of ether oxygens (including phenoxy) is 2. The molecule has 0 unspecified atom stereocenters. The zero-order chi connectivity index (χ0) is 22.3. The Labute approximate surface area is 237 Å². The second kappa shape index (κ2) is 15.7. The summed E-state index contributed by atoms with van der Waals surface area (Å²) in [6.07, 6.45) is 1.15. The van der Waals surface area contributed by atoms with E-state index in [9.17, 15) is 0 Å². The van der Waals surface area contributed by atoms with E-state index >= 15 is 0 Å². The summed E-state index contributed by atoms with van der Waals surface area (Å²) in [6.45, 7) is 15.5. The van der Waals surface area contributed by atoms with Crippen LogP contribution < -0.4 is 59.1 Å². The molecule has 33 heavy (non-hydrogen) atoms. The molecule has 182 valence electrons. The molecule has 0 spiro atoms. The van der Waals surface area contributed by atoms with Crippen LogP contribution in [0.5, 0.6) is 5.75 Å². The van der Waals surface area contributed by atoms with E-state index < -0.39 is 0 Å². The quantitative estimate of drug-likeness (QED) is 0.185. The molecule has 0 amide bonds. The van der Waals surface area contributed by atoms with Crippen molar-refractivity contribution < 1.29 is 68.3 Å². The Hall–Kier alpha value is -0.260. The number of nitrogens with zero attached hydrogens (tertiary/aromatic N) is 1. The number of hydrogen-bond donors (Lipinski definition) is 0. The van der Waals surface area contributed by atoms with E-state index in [2.05, 4.69) is 103 Å². The molecule has 0 atom stereocenters. The number of benzene rings is 2. The molecular weight excluding hydrogens is 464 g/mol. The van der Waals surface area contributed by atoms with Gasteiger partial charge >= 0.3 is 29.6 Å². The molecule has 0 aliphatic rings. The normalized spacial score (nSPS) is 11.6. The molecule has 6 heteroatoms. The molecule has 0 saturated carbocycles. The molecule has 2 rings (SSSR count). The second-order valence-corrected chi connectivity index (χ2v) is 10.9. The summed E-state index contributed by atoms with van der Waals surface area (Å²) >= 11 is 0. The number of likely N-dealkylation sites (N-methyl/N-ethyl adjacent to an activating group) is 1. The van der Waals surface area contributed by atoms with Crippen LogP contribution in [0.4, 0.5) is 0 Å². The Morgan fingerprint density at radius 1 is 0.758 bits per heavy atom. The van der Waals surface area contributed by atoms with Crippen LogP contribution in [0, 0.1) is 5.41 Å². The molecule has 2 aromatic rings. The van der Waals surface area contributed by atoms with Gasteiger partial charge in [-0.05, 0) is 34.9 Å². The van der Waals surface area contributed by atoms with Crippen molar-refractivity contribution >= 4 is 0 Å². The Morgan fingerprint density at radius 3 is 1.88 bits per heavy atom. The number of rotatable bonds is 11. The maximum absolute atomic E-state index is 5.87. The fourth-order valence-electron chi connectivity index (χ4n) is 4.22. The third-order valence-corrected chi connectivity index (χ3v) is 5.40. The van der Waals surface area contributed by atoms with E-state index in [-0.39, 0.29) is 59.8 Å². The SMILES string of the molecule is CC(C)(C)CC(C)(C)c1ccc(OCCOCC[N+](C)(C)Cc2ccccc2)cc1.[Cl-].[Cl-].[Na+]. The van der Waals surface area contributed by atoms with Crippen molar-refractivity contribution in [2.45, 2.75) is 53.0 Å². The van der Waals surface area contributed by atoms with Crippen LogP contribution >= 0.6 is 0 Å². The molecule has 0 aliphatic carbocycles. The third kappa shape index (κ3) is 14.0. The van der Waals surface area contributed by atoms with E-state index in [0.29, 0.717) is 18.6 Å². The summed E-state index contributed by atoms with van der Waals surface area (Å²) in [6, 6.07) is 19.2. The molecule has 0 bridgehead atoms. The number of hydrogen-bond acceptors (Lipinski definition) is 2. The van der Waals surface area contributed by atoms with Crippen LogP contribution in [0.2, 0.25) is 0 Å². The van der Waals surface area contributed by atoms with E-state index in [1.165, 1.54) is 11.1 Å². The maximum Gasteiger partial charge on any atom is 1.00 e. The summed E-state index contributed by atoms with van der Waals surface area (Å²) in [7, 11) is 4.49. The van der Waals surface area contributed by atoms with Crippen molar-refractivity contribution in [2.75, 3.05) is 40.5 Å². The summed E-state index contributed by atoms with van der Waals surface area (Å²) < 4.78 is 12.6. The van der Waals surface area contributed by atoms with Gasteiger partial charge in [0.1, 0.15) is 25.4 Å². The van der Waals surface area contributed by atoms with Gasteiger partial charge < -0.3 is 38.8 Å².